The van der Waals surface area contributed by atoms with Gasteiger partial charge in [0, 0.05) is 30.8 Å². The Labute approximate surface area is 209 Å². The molecule has 0 N–H and O–H groups in total. The van der Waals surface area contributed by atoms with Crippen molar-refractivity contribution in [1.82, 2.24) is 9.88 Å². The minimum atomic E-state index is -0.201. The van der Waals surface area contributed by atoms with E-state index < -0.39 is 0 Å². The molecule has 2 heterocycles. The van der Waals surface area contributed by atoms with E-state index in [0.717, 1.165) is 23.3 Å². The average molecular weight is 502 g/mol. The van der Waals surface area contributed by atoms with Gasteiger partial charge in [-0.3, -0.25) is 9.69 Å². The molecule has 0 radical (unpaired) electrons. The number of benzene rings is 2. The fourth-order valence-corrected chi connectivity index (χ4v) is 4.99. The van der Waals surface area contributed by atoms with Gasteiger partial charge < -0.3 is 28.6 Å². The molecule has 0 saturated carbocycles. The van der Waals surface area contributed by atoms with E-state index in [1.54, 1.807) is 17.0 Å². The number of carbonyl (C=O) groups excluding carboxylic acids is 1. The van der Waals surface area contributed by atoms with Crippen molar-refractivity contribution in [2.24, 2.45) is 0 Å². The molecule has 9 nitrogen and oxygen atoms in total. The Morgan fingerprint density at radius 3 is 2.14 bits per heavy atom. The molecule has 0 atom stereocenters. The molecule has 188 valence electrons. The molecule has 0 bridgehead atoms. The molecule has 35 heavy (non-hydrogen) atoms. The molecule has 3 aromatic rings. The van der Waals surface area contributed by atoms with Crippen LogP contribution < -0.4 is 28.6 Å². The van der Waals surface area contributed by atoms with Crippen LogP contribution in [0.5, 0.6) is 28.7 Å². The summed E-state index contributed by atoms with van der Waals surface area (Å²) in [6.45, 7) is 8.21. The van der Waals surface area contributed by atoms with Gasteiger partial charge in [0.15, 0.2) is 28.1 Å². The van der Waals surface area contributed by atoms with Gasteiger partial charge in [0.2, 0.25) is 5.75 Å². The largest absolute Gasteiger partial charge is 0.493 e. The maximum absolute atomic E-state index is 13.9. The van der Waals surface area contributed by atoms with Crippen LogP contribution >= 0.6 is 11.3 Å². The minimum Gasteiger partial charge on any atom is -0.493 e. The number of hydrogen-bond acceptors (Lipinski definition) is 9. The number of ether oxygens (including phenoxy) is 5. The van der Waals surface area contributed by atoms with Gasteiger partial charge >= 0.3 is 0 Å². The van der Waals surface area contributed by atoms with Crippen molar-refractivity contribution < 1.29 is 28.5 Å². The first-order valence-corrected chi connectivity index (χ1v) is 12.4. The highest BCUT2D eigenvalue weighted by atomic mass is 32.1. The molecule has 0 spiro atoms. The van der Waals surface area contributed by atoms with E-state index in [2.05, 4.69) is 18.7 Å². The maximum atomic E-state index is 13.9. The standard InChI is InChI=1S/C25H31N3O6S/c1-6-27(7-2)8-9-28(24(29)16-12-20(30-3)23(32-5)21(13-16)31-4)25-26-17-14-18-19(15-22(17)35-25)34-11-10-33-18/h12-15H,6-11H2,1-5H3. The van der Waals surface area contributed by atoms with Crippen LogP contribution in [-0.2, 0) is 0 Å². The summed E-state index contributed by atoms with van der Waals surface area (Å²) in [5.41, 5.74) is 1.18. The summed E-state index contributed by atoms with van der Waals surface area (Å²) in [7, 11) is 4.60. The van der Waals surface area contributed by atoms with Gasteiger partial charge in [0.25, 0.3) is 5.91 Å². The van der Waals surface area contributed by atoms with E-state index in [1.807, 2.05) is 12.1 Å². The molecule has 1 amide bonds. The number of anilines is 1. The number of likely N-dealkylation sites (N-methyl/N-ethyl adjacent to an activating group) is 1. The Bertz CT molecular complexity index is 1130. The summed E-state index contributed by atoms with van der Waals surface area (Å²) in [4.78, 5) is 22.7. The summed E-state index contributed by atoms with van der Waals surface area (Å²) in [5.74, 6) is 2.45. The van der Waals surface area contributed by atoms with Crippen molar-refractivity contribution in [3.63, 3.8) is 0 Å². The fraction of sp³-hybridized carbons (Fsp3) is 0.440. The Kier molecular flexibility index (Phi) is 7.82. The maximum Gasteiger partial charge on any atom is 0.260 e. The highest BCUT2D eigenvalue weighted by Crippen LogP contribution is 2.41. The van der Waals surface area contributed by atoms with E-state index >= 15 is 0 Å². The second-order valence-electron chi connectivity index (χ2n) is 7.86. The number of carbonyl (C=O) groups is 1. The van der Waals surface area contributed by atoms with E-state index in [9.17, 15) is 4.79 Å². The minimum absolute atomic E-state index is 0.201. The summed E-state index contributed by atoms with van der Waals surface area (Å²) in [6, 6.07) is 7.14. The summed E-state index contributed by atoms with van der Waals surface area (Å²) < 4.78 is 28.7. The summed E-state index contributed by atoms with van der Waals surface area (Å²) in [5, 5.41) is 0.605. The second kappa shape index (κ2) is 11.0. The third kappa shape index (κ3) is 5.08. The molecule has 0 unspecified atom stereocenters. The zero-order valence-corrected chi connectivity index (χ0v) is 21.6. The van der Waals surface area contributed by atoms with Crippen LogP contribution in [0, 0.1) is 0 Å². The van der Waals surface area contributed by atoms with Crippen LogP contribution in [-0.4, -0.2) is 76.5 Å². The molecule has 4 rings (SSSR count). The SMILES string of the molecule is CCN(CC)CCN(C(=O)c1cc(OC)c(OC)c(OC)c1)c1nc2cc3c(cc2s1)OCCO3. The number of fused-ring (bicyclic) bond motifs is 2. The second-order valence-corrected chi connectivity index (χ2v) is 8.87. The van der Waals surface area contributed by atoms with Crippen LogP contribution in [0.2, 0.25) is 0 Å². The van der Waals surface area contributed by atoms with Gasteiger partial charge in [-0.05, 0) is 25.2 Å². The number of rotatable bonds is 10. The Morgan fingerprint density at radius 1 is 0.943 bits per heavy atom. The van der Waals surface area contributed by atoms with Gasteiger partial charge in [-0.1, -0.05) is 25.2 Å². The summed E-state index contributed by atoms with van der Waals surface area (Å²) >= 11 is 1.45. The Balaban J connectivity index is 1.75. The fourth-order valence-electron chi connectivity index (χ4n) is 3.99. The van der Waals surface area contributed by atoms with E-state index in [4.69, 9.17) is 28.7 Å². The van der Waals surface area contributed by atoms with Crippen molar-refractivity contribution in [3.05, 3.63) is 29.8 Å². The molecular formula is C25H31N3O6S. The lowest BCUT2D eigenvalue weighted by Gasteiger charge is -2.25. The van der Waals surface area contributed by atoms with Gasteiger partial charge in [0.1, 0.15) is 13.2 Å². The van der Waals surface area contributed by atoms with Crippen molar-refractivity contribution in [3.8, 4) is 28.7 Å². The lowest BCUT2D eigenvalue weighted by atomic mass is 10.1. The van der Waals surface area contributed by atoms with Crippen LogP contribution in [0.3, 0.4) is 0 Å². The molecule has 2 aromatic carbocycles. The molecule has 10 heteroatoms. The van der Waals surface area contributed by atoms with Crippen molar-refractivity contribution in [2.75, 3.05) is 65.6 Å². The molecule has 0 aliphatic carbocycles. The average Bonchev–Trinajstić information content (AvgIpc) is 3.30. The van der Waals surface area contributed by atoms with Crippen molar-refractivity contribution in [2.45, 2.75) is 13.8 Å². The van der Waals surface area contributed by atoms with Crippen molar-refractivity contribution >= 4 is 32.6 Å². The number of methoxy groups -OCH3 is 3. The predicted octanol–water partition coefficient (Wildman–Crippen LogP) is 4.08. The van der Waals surface area contributed by atoms with E-state index in [0.29, 0.717) is 65.7 Å². The Hall–Kier alpha value is -3.24. The lowest BCUT2D eigenvalue weighted by Crippen LogP contribution is -2.38. The van der Waals surface area contributed by atoms with Gasteiger partial charge in [-0.2, -0.15) is 0 Å². The molecule has 0 saturated heterocycles. The molecule has 1 aliphatic heterocycles. The van der Waals surface area contributed by atoms with Crippen LogP contribution in [0.15, 0.2) is 24.3 Å². The van der Waals surface area contributed by atoms with Gasteiger partial charge in [0.05, 0.1) is 31.5 Å². The third-order valence-corrected chi connectivity index (χ3v) is 7.00. The first-order valence-electron chi connectivity index (χ1n) is 11.6. The first kappa shape index (κ1) is 24.9. The quantitative estimate of drug-likeness (QED) is 0.411. The van der Waals surface area contributed by atoms with Crippen LogP contribution in [0.25, 0.3) is 10.2 Å². The predicted molar refractivity (Wildman–Crippen MR) is 136 cm³/mol. The zero-order chi connectivity index (χ0) is 24.9. The van der Waals surface area contributed by atoms with Crippen molar-refractivity contribution in [1.29, 1.82) is 0 Å². The number of thiazole rings is 1. The number of amides is 1. The zero-order valence-electron chi connectivity index (χ0n) is 20.8. The number of aromatic nitrogens is 1. The lowest BCUT2D eigenvalue weighted by molar-refractivity contribution is 0.0983. The number of hydrogen-bond donors (Lipinski definition) is 0. The Morgan fingerprint density at radius 2 is 1.57 bits per heavy atom. The smallest absolute Gasteiger partial charge is 0.260 e. The van der Waals surface area contributed by atoms with E-state index in [1.165, 1.54) is 32.7 Å². The molecule has 1 aromatic heterocycles. The highest BCUT2D eigenvalue weighted by Gasteiger charge is 2.26. The molecule has 0 fully saturated rings. The third-order valence-electron chi connectivity index (χ3n) is 5.96. The topological polar surface area (TPSA) is 82.6 Å². The monoisotopic (exact) mass is 501 g/mol. The normalized spacial score (nSPS) is 12.6. The van der Waals surface area contributed by atoms with Crippen LogP contribution in [0.4, 0.5) is 5.13 Å². The van der Waals surface area contributed by atoms with Crippen LogP contribution in [0.1, 0.15) is 24.2 Å². The highest BCUT2D eigenvalue weighted by molar-refractivity contribution is 7.22. The molecule has 1 aliphatic rings. The summed E-state index contributed by atoms with van der Waals surface area (Å²) in [6.07, 6.45) is 0. The number of nitrogens with zero attached hydrogens (tertiary/aromatic N) is 3. The van der Waals surface area contributed by atoms with E-state index in [-0.39, 0.29) is 5.91 Å². The van der Waals surface area contributed by atoms with Gasteiger partial charge in [-0.15, -0.1) is 0 Å². The first-order chi connectivity index (χ1) is 17.0. The van der Waals surface area contributed by atoms with Gasteiger partial charge in [-0.25, -0.2) is 4.98 Å². The molecular weight excluding hydrogens is 470 g/mol.